The van der Waals surface area contributed by atoms with Crippen molar-refractivity contribution < 1.29 is 4.74 Å². The van der Waals surface area contributed by atoms with Crippen molar-refractivity contribution in [2.45, 2.75) is 57.2 Å². The molecule has 0 N–H and O–H groups in total. The molecule has 82 valence electrons. The molecule has 3 unspecified atom stereocenters. The standard InChI is InChI=1S/C12H17NOS/c1-7(2)10-6-15-12(13-10)9-5-8-3-4-11(9)14-8/h6-9,11H,3-5H2,1-2H3. The minimum absolute atomic E-state index is 0.473. The molecule has 2 aliphatic heterocycles. The summed E-state index contributed by atoms with van der Waals surface area (Å²) < 4.78 is 5.88. The van der Waals surface area contributed by atoms with Gasteiger partial charge in [0.25, 0.3) is 0 Å². The lowest BCUT2D eigenvalue weighted by atomic mass is 9.90. The van der Waals surface area contributed by atoms with Crippen LogP contribution in [0.15, 0.2) is 5.38 Å². The van der Waals surface area contributed by atoms with Crippen molar-refractivity contribution in [1.29, 1.82) is 0 Å². The largest absolute Gasteiger partial charge is 0.374 e. The maximum atomic E-state index is 5.88. The van der Waals surface area contributed by atoms with Crippen molar-refractivity contribution in [2.24, 2.45) is 0 Å². The van der Waals surface area contributed by atoms with Gasteiger partial charge in [0.05, 0.1) is 22.9 Å². The predicted molar refractivity (Wildman–Crippen MR) is 61.5 cm³/mol. The highest BCUT2D eigenvalue weighted by Gasteiger charge is 2.42. The first-order chi connectivity index (χ1) is 7.24. The van der Waals surface area contributed by atoms with Gasteiger partial charge in [0.2, 0.25) is 0 Å². The highest BCUT2D eigenvalue weighted by molar-refractivity contribution is 7.09. The molecule has 0 spiro atoms. The van der Waals surface area contributed by atoms with Gasteiger partial charge in [0.1, 0.15) is 0 Å². The van der Waals surface area contributed by atoms with Crippen molar-refractivity contribution in [3.8, 4) is 0 Å². The molecule has 3 rings (SSSR count). The smallest absolute Gasteiger partial charge is 0.0986 e. The highest BCUT2D eigenvalue weighted by atomic mass is 32.1. The second-order valence-electron chi connectivity index (χ2n) is 4.98. The molecule has 0 radical (unpaired) electrons. The lowest BCUT2D eigenvalue weighted by molar-refractivity contribution is 0.100. The summed E-state index contributed by atoms with van der Waals surface area (Å²) in [5.41, 5.74) is 1.25. The van der Waals surface area contributed by atoms with E-state index in [1.165, 1.54) is 30.0 Å². The van der Waals surface area contributed by atoms with Crippen LogP contribution in [0.1, 0.15) is 55.6 Å². The molecule has 2 fully saturated rings. The lowest BCUT2D eigenvalue weighted by Gasteiger charge is -2.15. The van der Waals surface area contributed by atoms with Crippen molar-refractivity contribution >= 4 is 11.3 Å². The van der Waals surface area contributed by atoms with Crippen LogP contribution >= 0.6 is 11.3 Å². The fraction of sp³-hybridized carbons (Fsp3) is 0.750. The van der Waals surface area contributed by atoms with Gasteiger partial charge in [-0.2, -0.15) is 0 Å². The van der Waals surface area contributed by atoms with E-state index < -0.39 is 0 Å². The number of hydrogen-bond acceptors (Lipinski definition) is 3. The minimum atomic E-state index is 0.473. The summed E-state index contributed by atoms with van der Waals surface area (Å²) in [5, 5.41) is 3.53. The number of hydrogen-bond donors (Lipinski definition) is 0. The second-order valence-corrected chi connectivity index (χ2v) is 5.87. The Balaban J connectivity index is 1.81. The first kappa shape index (κ1) is 9.79. The molecule has 0 amide bonds. The Labute approximate surface area is 94.7 Å². The van der Waals surface area contributed by atoms with E-state index in [9.17, 15) is 0 Å². The first-order valence-electron chi connectivity index (χ1n) is 5.85. The van der Waals surface area contributed by atoms with Crippen LogP contribution < -0.4 is 0 Å². The molecular formula is C12H17NOS. The Morgan fingerprint density at radius 3 is 2.87 bits per heavy atom. The molecule has 3 atom stereocenters. The molecule has 2 aliphatic rings. The van der Waals surface area contributed by atoms with Gasteiger partial charge in [-0.1, -0.05) is 13.8 Å². The third-order valence-electron chi connectivity index (χ3n) is 3.55. The van der Waals surface area contributed by atoms with Gasteiger partial charge in [-0.05, 0) is 25.2 Å². The van der Waals surface area contributed by atoms with Crippen molar-refractivity contribution in [3.05, 3.63) is 16.1 Å². The Hall–Kier alpha value is -0.410. The molecule has 2 bridgehead atoms. The molecule has 1 aromatic heterocycles. The number of rotatable bonds is 2. The number of nitrogens with zero attached hydrogens (tertiary/aromatic N) is 1. The first-order valence-corrected chi connectivity index (χ1v) is 6.73. The highest BCUT2D eigenvalue weighted by Crippen LogP contribution is 2.45. The van der Waals surface area contributed by atoms with Gasteiger partial charge in [0.15, 0.2) is 0 Å². The molecule has 2 nitrogen and oxygen atoms in total. The van der Waals surface area contributed by atoms with Crippen LogP contribution in [-0.2, 0) is 4.74 Å². The third-order valence-corrected chi connectivity index (χ3v) is 4.55. The van der Waals surface area contributed by atoms with E-state index in [-0.39, 0.29) is 0 Å². The molecule has 3 heteroatoms. The van der Waals surface area contributed by atoms with E-state index in [1.807, 2.05) is 11.3 Å². The number of fused-ring (bicyclic) bond motifs is 2. The molecule has 1 aromatic rings. The average molecular weight is 223 g/mol. The van der Waals surface area contributed by atoms with Crippen molar-refractivity contribution in [2.75, 3.05) is 0 Å². The van der Waals surface area contributed by atoms with Gasteiger partial charge >= 0.3 is 0 Å². The van der Waals surface area contributed by atoms with Crippen LogP contribution in [0.4, 0.5) is 0 Å². The van der Waals surface area contributed by atoms with Crippen molar-refractivity contribution in [3.63, 3.8) is 0 Å². The van der Waals surface area contributed by atoms with Gasteiger partial charge in [0, 0.05) is 11.3 Å². The molecule has 15 heavy (non-hydrogen) atoms. The molecule has 0 aromatic carbocycles. The summed E-state index contributed by atoms with van der Waals surface area (Å²) in [6.07, 6.45) is 4.72. The summed E-state index contributed by atoms with van der Waals surface area (Å²) in [4.78, 5) is 4.75. The van der Waals surface area contributed by atoms with Gasteiger partial charge in [-0.25, -0.2) is 4.98 Å². The second kappa shape index (κ2) is 3.56. The van der Waals surface area contributed by atoms with E-state index in [0.717, 1.165) is 0 Å². The molecule has 0 saturated carbocycles. The van der Waals surface area contributed by atoms with Crippen LogP contribution in [-0.4, -0.2) is 17.2 Å². The molecule has 3 heterocycles. The minimum Gasteiger partial charge on any atom is -0.374 e. The van der Waals surface area contributed by atoms with Crippen LogP contribution in [0.25, 0.3) is 0 Å². The quantitative estimate of drug-likeness (QED) is 0.767. The van der Waals surface area contributed by atoms with Gasteiger partial charge < -0.3 is 4.74 Å². The van der Waals surface area contributed by atoms with Gasteiger partial charge in [-0.3, -0.25) is 0 Å². The average Bonchev–Trinajstić information content (AvgIpc) is 2.93. The predicted octanol–water partition coefficient (Wildman–Crippen LogP) is 3.30. The van der Waals surface area contributed by atoms with Crippen molar-refractivity contribution in [1.82, 2.24) is 4.98 Å². The molecule has 0 aliphatic carbocycles. The summed E-state index contributed by atoms with van der Waals surface area (Å²) >= 11 is 1.82. The lowest BCUT2D eigenvalue weighted by Crippen LogP contribution is -2.14. The summed E-state index contributed by atoms with van der Waals surface area (Å²) in [7, 11) is 0. The Bertz CT molecular complexity index is 360. The normalized spacial score (nSPS) is 34.2. The molecular weight excluding hydrogens is 206 g/mol. The molecule has 2 saturated heterocycles. The monoisotopic (exact) mass is 223 g/mol. The number of ether oxygens (including phenoxy) is 1. The maximum Gasteiger partial charge on any atom is 0.0986 e. The van der Waals surface area contributed by atoms with E-state index >= 15 is 0 Å². The van der Waals surface area contributed by atoms with Crippen LogP contribution in [0.2, 0.25) is 0 Å². The SMILES string of the molecule is CC(C)c1csc(C2CC3CCC2O3)n1. The van der Waals surface area contributed by atoms with E-state index in [2.05, 4.69) is 19.2 Å². The zero-order valence-electron chi connectivity index (χ0n) is 9.27. The number of aromatic nitrogens is 1. The van der Waals surface area contributed by atoms with E-state index in [0.29, 0.717) is 24.0 Å². The fourth-order valence-electron chi connectivity index (χ4n) is 2.63. The van der Waals surface area contributed by atoms with Crippen LogP contribution in [0.5, 0.6) is 0 Å². The Morgan fingerprint density at radius 1 is 1.47 bits per heavy atom. The summed E-state index contributed by atoms with van der Waals surface area (Å²) in [6, 6.07) is 0. The zero-order chi connectivity index (χ0) is 10.4. The zero-order valence-corrected chi connectivity index (χ0v) is 10.1. The van der Waals surface area contributed by atoms with Crippen LogP contribution in [0.3, 0.4) is 0 Å². The van der Waals surface area contributed by atoms with E-state index in [4.69, 9.17) is 9.72 Å². The topological polar surface area (TPSA) is 22.1 Å². The fourth-order valence-corrected chi connectivity index (χ4v) is 3.78. The number of thiazole rings is 1. The Kier molecular flexibility index (Phi) is 2.33. The maximum absolute atomic E-state index is 5.88. The summed E-state index contributed by atoms with van der Waals surface area (Å²) in [5.74, 6) is 1.15. The summed E-state index contributed by atoms with van der Waals surface area (Å²) in [6.45, 7) is 4.41. The van der Waals surface area contributed by atoms with E-state index in [1.54, 1.807) is 0 Å². The Morgan fingerprint density at radius 2 is 2.33 bits per heavy atom. The third kappa shape index (κ3) is 1.62. The van der Waals surface area contributed by atoms with Gasteiger partial charge in [-0.15, -0.1) is 11.3 Å². The van der Waals surface area contributed by atoms with Crippen LogP contribution in [0, 0.1) is 0 Å².